The van der Waals surface area contributed by atoms with E-state index in [9.17, 15) is 14.0 Å². The molecule has 1 unspecified atom stereocenters. The second kappa shape index (κ2) is 11.1. The molecular formula is C26H33FN2O3. The molecule has 1 fully saturated rings. The van der Waals surface area contributed by atoms with Crippen LogP contribution in [-0.4, -0.2) is 35.4 Å². The Morgan fingerprint density at radius 1 is 1.03 bits per heavy atom. The smallest absolute Gasteiger partial charge is 0.261 e. The zero-order chi connectivity index (χ0) is 23.1. The van der Waals surface area contributed by atoms with Gasteiger partial charge in [0.1, 0.15) is 17.6 Å². The molecule has 2 aromatic rings. The predicted molar refractivity (Wildman–Crippen MR) is 123 cm³/mol. The van der Waals surface area contributed by atoms with Gasteiger partial charge in [-0.3, -0.25) is 9.59 Å². The third-order valence-electron chi connectivity index (χ3n) is 6.04. The van der Waals surface area contributed by atoms with Crippen LogP contribution in [0.4, 0.5) is 4.39 Å². The average Bonchev–Trinajstić information content (AvgIpc) is 3.30. The molecule has 1 N–H and O–H groups in total. The monoisotopic (exact) mass is 440 g/mol. The van der Waals surface area contributed by atoms with Crippen LogP contribution >= 0.6 is 0 Å². The van der Waals surface area contributed by atoms with E-state index >= 15 is 0 Å². The fraction of sp³-hybridized carbons (Fsp3) is 0.462. The zero-order valence-electron chi connectivity index (χ0n) is 19.1. The van der Waals surface area contributed by atoms with E-state index < -0.39 is 6.04 Å². The van der Waals surface area contributed by atoms with Crippen molar-refractivity contribution < 1.29 is 18.7 Å². The predicted octanol–water partition coefficient (Wildman–Crippen LogP) is 4.80. The molecular weight excluding hydrogens is 407 g/mol. The first-order chi connectivity index (χ1) is 15.3. The summed E-state index contributed by atoms with van der Waals surface area (Å²) in [7, 11) is 0. The lowest BCUT2D eigenvalue weighted by molar-refractivity contribution is -0.142. The van der Waals surface area contributed by atoms with Gasteiger partial charge in [0.15, 0.2) is 6.61 Å². The van der Waals surface area contributed by atoms with Gasteiger partial charge in [-0.1, -0.05) is 51.0 Å². The van der Waals surface area contributed by atoms with Gasteiger partial charge in [0.05, 0.1) is 0 Å². The Balaban J connectivity index is 1.68. The Hall–Kier alpha value is -2.89. The summed E-state index contributed by atoms with van der Waals surface area (Å²) in [4.78, 5) is 27.5. The molecule has 0 saturated heterocycles. The molecule has 2 aromatic carbocycles. The van der Waals surface area contributed by atoms with Crippen LogP contribution in [0.2, 0.25) is 0 Å². The number of halogens is 1. The fourth-order valence-electron chi connectivity index (χ4n) is 3.94. The summed E-state index contributed by atoms with van der Waals surface area (Å²) in [5.41, 5.74) is 1.94. The van der Waals surface area contributed by atoms with Crippen molar-refractivity contribution in [3.05, 3.63) is 65.5 Å². The molecule has 1 atom stereocenters. The Bertz CT molecular complexity index is 890. The number of nitrogens with one attached hydrogen (secondary N) is 1. The fourth-order valence-corrected chi connectivity index (χ4v) is 3.94. The van der Waals surface area contributed by atoms with E-state index in [0.717, 1.165) is 31.2 Å². The van der Waals surface area contributed by atoms with Crippen molar-refractivity contribution in [3.8, 4) is 5.75 Å². The highest BCUT2D eigenvalue weighted by atomic mass is 19.1. The molecule has 0 aliphatic heterocycles. The minimum Gasteiger partial charge on any atom is -0.484 e. The van der Waals surface area contributed by atoms with Crippen molar-refractivity contribution in [2.75, 3.05) is 6.61 Å². The molecule has 0 radical (unpaired) electrons. The SMILES string of the molecule is CC(C)c1ccc(OCC(=O)N(Cc2ccc(F)cc2)C(C)C(=O)NC2CCCC2)cc1. The Morgan fingerprint density at radius 2 is 1.66 bits per heavy atom. The number of amides is 2. The molecule has 3 rings (SSSR count). The number of carbonyl (C=O) groups excluding carboxylic acids is 2. The highest BCUT2D eigenvalue weighted by molar-refractivity contribution is 5.88. The second-order valence-electron chi connectivity index (χ2n) is 8.83. The average molecular weight is 441 g/mol. The summed E-state index contributed by atoms with van der Waals surface area (Å²) >= 11 is 0. The minimum absolute atomic E-state index is 0.170. The number of rotatable bonds is 9. The Morgan fingerprint density at radius 3 is 2.25 bits per heavy atom. The number of benzene rings is 2. The molecule has 1 saturated carbocycles. The molecule has 32 heavy (non-hydrogen) atoms. The van der Waals surface area contributed by atoms with Crippen LogP contribution < -0.4 is 10.1 Å². The van der Waals surface area contributed by atoms with Crippen molar-refractivity contribution >= 4 is 11.8 Å². The van der Waals surface area contributed by atoms with Crippen LogP contribution in [0.3, 0.4) is 0 Å². The molecule has 2 amide bonds. The first kappa shape index (κ1) is 23.8. The van der Waals surface area contributed by atoms with Gasteiger partial charge in [-0.05, 0) is 61.1 Å². The number of hydrogen-bond acceptors (Lipinski definition) is 3. The minimum atomic E-state index is -0.667. The molecule has 1 aliphatic carbocycles. The summed E-state index contributed by atoms with van der Waals surface area (Å²) < 4.78 is 19.0. The maximum Gasteiger partial charge on any atom is 0.261 e. The highest BCUT2D eigenvalue weighted by Crippen LogP contribution is 2.20. The van der Waals surface area contributed by atoms with Crippen LogP contribution in [0.25, 0.3) is 0 Å². The van der Waals surface area contributed by atoms with E-state index in [0.29, 0.717) is 11.7 Å². The molecule has 6 heteroatoms. The van der Waals surface area contributed by atoms with Crippen LogP contribution in [0, 0.1) is 5.82 Å². The molecule has 5 nitrogen and oxygen atoms in total. The molecule has 0 spiro atoms. The first-order valence-corrected chi connectivity index (χ1v) is 11.4. The van der Waals surface area contributed by atoms with E-state index in [1.165, 1.54) is 22.6 Å². The largest absolute Gasteiger partial charge is 0.484 e. The van der Waals surface area contributed by atoms with Crippen LogP contribution in [-0.2, 0) is 16.1 Å². The number of nitrogens with zero attached hydrogens (tertiary/aromatic N) is 1. The van der Waals surface area contributed by atoms with Crippen molar-refractivity contribution in [1.82, 2.24) is 10.2 Å². The van der Waals surface area contributed by atoms with Gasteiger partial charge in [0.25, 0.3) is 5.91 Å². The Kier molecular flexibility index (Phi) is 8.26. The van der Waals surface area contributed by atoms with Crippen molar-refractivity contribution in [2.45, 2.75) is 71.0 Å². The van der Waals surface area contributed by atoms with Gasteiger partial charge in [-0.2, -0.15) is 0 Å². The van der Waals surface area contributed by atoms with Crippen molar-refractivity contribution in [3.63, 3.8) is 0 Å². The van der Waals surface area contributed by atoms with E-state index in [1.54, 1.807) is 19.1 Å². The van der Waals surface area contributed by atoms with E-state index in [2.05, 4.69) is 19.2 Å². The molecule has 0 heterocycles. The number of ether oxygens (including phenoxy) is 1. The maximum absolute atomic E-state index is 13.3. The van der Waals surface area contributed by atoms with Gasteiger partial charge in [-0.25, -0.2) is 4.39 Å². The highest BCUT2D eigenvalue weighted by Gasteiger charge is 2.28. The molecule has 1 aliphatic rings. The van der Waals surface area contributed by atoms with E-state index in [1.807, 2.05) is 24.3 Å². The summed E-state index contributed by atoms with van der Waals surface area (Å²) in [6, 6.07) is 13.1. The van der Waals surface area contributed by atoms with Gasteiger partial charge < -0.3 is 15.0 Å². The number of carbonyl (C=O) groups is 2. The second-order valence-corrected chi connectivity index (χ2v) is 8.83. The topological polar surface area (TPSA) is 58.6 Å². The van der Waals surface area contributed by atoms with Crippen molar-refractivity contribution in [2.24, 2.45) is 0 Å². The summed E-state index contributed by atoms with van der Waals surface area (Å²) in [6.45, 7) is 5.98. The summed E-state index contributed by atoms with van der Waals surface area (Å²) in [6.07, 6.45) is 4.17. The standard InChI is InChI=1S/C26H33FN2O3/c1-18(2)21-10-14-24(15-11-21)32-17-25(30)29(16-20-8-12-22(27)13-9-20)19(3)26(31)28-23-6-4-5-7-23/h8-15,18-19,23H,4-7,16-17H2,1-3H3,(H,28,31). The first-order valence-electron chi connectivity index (χ1n) is 11.4. The van der Waals surface area contributed by atoms with Crippen molar-refractivity contribution in [1.29, 1.82) is 0 Å². The van der Waals surface area contributed by atoms with Crippen LogP contribution in [0.1, 0.15) is 63.5 Å². The van der Waals surface area contributed by atoms with E-state index in [4.69, 9.17) is 4.74 Å². The lowest BCUT2D eigenvalue weighted by atomic mass is 10.0. The van der Waals surface area contributed by atoms with Crippen LogP contribution in [0.15, 0.2) is 48.5 Å². The molecule has 172 valence electrons. The Labute approximate surface area is 190 Å². The quantitative estimate of drug-likeness (QED) is 0.609. The van der Waals surface area contributed by atoms with Gasteiger partial charge in [-0.15, -0.1) is 0 Å². The maximum atomic E-state index is 13.3. The van der Waals surface area contributed by atoms with E-state index in [-0.39, 0.29) is 36.8 Å². The summed E-state index contributed by atoms with van der Waals surface area (Å²) in [5.74, 6) is 0.209. The zero-order valence-corrected chi connectivity index (χ0v) is 19.1. The normalized spacial score (nSPS) is 14.9. The van der Waals surface area contributed by atoms with Gasteiger partial charge in [0.2, 0.25) is 5.91 Å². The molecule has 0 bridgehead atoms. The third kappa shape index (κ3) is 6.55. The lowest BCUT2D eigenvalue weighted by Gasteiger charge is -2.29. The summed E-state index contributed by atoms with van der Waals surface area (Å²) in [5, 5.41) is 3.07. The van der Waals surface area contributed by atoms with Gasteiger partial charge >= 0.3 is 0 Å². The lowest BCUT2D eigenvalue weighted by Crippen LogP contribution is -2.50. The third-order valence-corrected chi connectivity index (χ3v) is 6.04. The van der Waals surface area contributed by atoms with Gasteiger partial charge in [0, 0.05) is 12.6 Å². The number of hydrogen-bond donors (Lipinski definition) is 1. The van der Waals surface area contributed by atoms with Crippen LogP contribution in [0.5, 0.6) is 5.75 Å². The molecule has 0 aromatic heterocycles.